The summed E-state index contributed by atoms with van der Waals surface area (Å²) in [6, 6.07) is 13.3. The number of likely N-dealkylation sites (tertiary alicyclic amines) is 1. The number of hydrogen-bond donors (Lipinski definition) is 2. The fourth-order valence-corrected chi connectivity index (χ4v) is 5.13. The van der Waals surface area contributed by atoms with Gasteiger partial charge in [-0.1, -0.05) is 54.6 Å². The number of halogens is 2. The van der Waals surface area contributed by atoms with Crippen molar-refractivity contribution in [3.05, 3.63) is 58.1 Å². The summed E-state index contributed by atoms with van der Waals surface area (Å²) in [5.74, 6) is 1.41. The minimum Gasteiger partial charge on any atom is -0.491 e. The van der Waals surface area contributed by atoms with Gasteiger partial charge >= 0.3 is 0 Å². The Morgan fingerprint density at radius 1 is 0.706 bits per heavy atom. The molecule has 2 N–H and O–H groups in total. The molecule has 0 aromatic heterocycles. The average Bonchev–Trinajstić information content (AvgIpc) is 3.02. The lowest BCUT2D eigenvalue weighted by Gasteiger charge is -2.31. The lowest BCUT2D eigenvalue weighted by atomic mass is 9.85. The Labute approximate surface area is 212 Å². The molecule has 2 aromatic rings. The van der Waals surface area contributed by atoms with Crippen molar-refractivity contribution in [1.82, 2.24) is 4.90 Å². The van der Waals surface area contributed by atoms with Gasteiger partial charge in [-0.3, -0.25) is 4.90 Å². The van der Waals surface area contributed by atoms with Gasteiger partial charge < -0.3 is 19.7 Å². The van der Waals surface area contributed by atoms with Crippen molar-refractivity contribution in [2.45, 2.75) is 69.1 Å². The predicted molar refractivity (Wildman–Crippen MR) is 136 cm³/mol. The quantitative estimate of drug-likeness (QED) is 0.468. The number of nitrogens with zero attached hydrogens (tertiary/aromatic N) is 1. The SMILES string of the molecule is OC1(COc2ccc(CN3CCCC(O)(COc4ccc(Cl)c(Cl)c4)CC3)cc2)CCCCC1. The number of ether oxygens (including phenoxy) is 2. The molecule has 0 radical (unpaired) electrons. The van der Waals surface area contributed by atoms with Gasteiger partial charge in [-0.15, -0.1) is 0 Å². The zero-order valence-corrected chi connectivity index (χ0v) is 21.2. The maximum atomic E-state index is 11.1. The van der Waals surface area contributed by atoms with Gasteiger partial charge in [0.05, 0.1) is 21.2 Å². The first-order valence-electron chi connectivity index (χ1n) is 12.3. The minimum absolute atomic E-state index is 0.233. The van der Waals surface area contributed by atoms with Crippen molar-refractivity contribution in [2.24, 2.45) is 0 Å². The third-order valence-electron chi connectivity index (χ3n) is 7.03. The summed E-state index contributed by atoms with van der Waals surface area (Å²) in [5.41, 5.74) is -0.331. The van der Waals surface area contributed by atoms with Gasteiger partial charge in [-0.25, -0.2) is 0 Å². The van der Waals surface area contributed by atoms with E-state index in [1.54, 1.807) is 18.2 Å². The summed E-state index contributed by atoms with van der Waals surface area (Å²) in [6.07, 6.45) is 7.25. The van der Waals surface area contributed by atoms with E-state index >= 15 is 0 Å². The molecule has 0 spiro atoms. The van der Waals surface area contributed by atoms with Crippen LogP contribution in [0, 0.1) is 0 Å². The summed E-state index contributed by atoms with van der Waals surface area (Å²) in [5, 5.41) is 22.7. The number of benzene rings is 2. The van der Waals surface area contributed by atoms with Crippen molar-refractivity contribution in [1.29, 1.82) is 0 Å². The number of rotatable bonds is 8. The Morgan fingerprint density at radius 3 is 2.03 bits per heavy atom. The second-order valence-electron chi connectivity index (χ2n) is 9.94. The highest BCUT2D eigenvalue weighted by molar-refractivity contribution is 6.42. The van der Waals surface area contributed by atoms with Gasteiger partial charge in [0.2, 0.25) is 0 Å². The molecule has 1 heterocycles. The van der Waals surface area contributed by atoms with E-state index in [1.807, 2.05) is 12.1 Å². The van der Waals surface area contributed by atoms with Crippen LogP contribution in [0.3, 0.4) is 0 Å². The van der Waals surface area contributed by atoms with Gasteiger partial charge in [-0.05, 0) is 68.5 Å². The molecule has 1 unspecified atom stereocenters. The zero-order valence-electron chi connectivity index (χ0n) is 19.6. The fraction of sp³-hybridized carbons (Fsp3) is 0.556. The first kappa shape index (κ1) is 25.6. The van der Waals surface area contributed by atoms with E-state index in [9.17, 15) is 10.2 Å². The topological polar surface area (TPSA) is 62.2 Å². The van der Waals surface area contributed by atoms with Gasteiger partial charge in [0.15, 0.2) is 0 Å². The van der Waals surface area contributed by atoms with E-state index in [2.05, 4.69) is 17.0 Å². The van der Waals surface area contributed by atoms with Crippen LogP contribution in [0.15, 0.2) is 42.5 Å². The second kappa shape index (κ2) is 11.5. The molecule has 186 valence electrons. The van der Waals surface area contributed by atoms with Gasteiger partial charge in [-0.2, -0.15) is 0 Å². The average molecular weight is 508 g/mol. The lowest BCUT2D eigenvalue weighted by molar-refractivity contribution is -0.0339. The molecule has 5 nitrogen and oxygen atoms in total. The van der Waals surface area contributed by atoms with Crippen LogP contribution in [-0.2, 0) is 6.54 Å². The largest absolute Gasteiger partial charge is 0.491 e. The van der Waals surface area contributed by atoms with Crippen LogP contribution >= 0.6 is 23.2 Å². The highest BCUT2D eigenvalue weighted by Gasteiger charge is 2.32. The molecule has 0 bridgehead atoms. The molecule has 2 fully saturated rings. The molecule has 1 aliphatic heterocycles. The molecule has 1 atom stereocenters. The fourth-order valence-electron chi connectivity index (χ4n) is 4.84. The molecule has 4 rings (SSSR count). The summed E-state index contributed by atoms with van der Waals surface area (Å²) >= 11 is 12.0. The molecule has 7 heteroatoms. The first-order valence-corrected chi connectivity index (χ1v) is 13.0. The first-order chi connectivity index (χ1) is 16.3. The van der Waals surface area contributed by atoms with Crippen molar-refractivity contribution in [3.8, 4) is 11.5 Å². The Balaban J connectivity index is 1.24. The molecular weight excluding hydrogens is 473 g/mol. The van der Waals surface area contributed by atoms with Crippen molar-refractivity contribution < 1.29 is 19.7 Å². The van der Waals surface area contributed by atoms with Gasteiger partial charge in [0.25, 0.3) is 0 Å². The van der Waals surface area contributed by atoms with Crippen molar-refractivity contribution in [2.75, 3.05) is 26.3 Å². The Morgan fingerprint density at radius 2 is 1.32 bits per heavy atom. The zero-order chi connectivity index (χ0) is 24.0. The standard InChI is InChI=1S/C27H35Cl2NO4/c28-24-10-9-23(17-25(24)29)34-20-27(32)13-4-15-30(16-14-27)18-21-5-7-22(8-6-21)33-19-26(31)11-2-1-3-12-26/h5-10,17,31-32H,1-4,11-16,18-20H2. The normalized spacial score (nSPS) is 23.3. The van der Waals surface area contributed by atoms with Crippen LogP contribution in [0.1, 0.15) is 56.9 Å². The molecule has 2 aromatic carbocycles. The molecule has 1 saturated heterocycles. The Hall–Kier alpha value is -1.50. The third-order valence-corrected chi connectivity index (χ3v) is 7.77. The predicted octanol–water partition coefficient (Wildman–Crippen LogP) is 5.86. The molecule has 0 amide bonds. The van der Waals surface area contributed by atoms with Crippen LogP contribution in [0.2, 0.25) is 10.0 Å². The smallest absolute Gasteiger partial charge is 0.121 e. The van der Waals surface area contributed by atoms with Gasteiger partial charge in [0, 0.05) is 19.2 Å². The number of aliphatic hydroxyl groups is 2. The maximum Gasteiger partial charge on any atom is 0.121 e. The van der Waals surface area contributed by atoms with Crippen LogP contribution in [0.4, 0.5) is 0 Å². The highest BCUT2D eigenvalue weighted by atomic mass is 35.5. The van der Waals surface area contributed by atoms with E-state index in [0.717, 1.165) is 57.5 Å². The van der Waals surface area contributed by atoms with E-state index in [0.29, 0.717) is 35.2 Å². The second-order valence-corrected chi connectivity index (χ2v) is 10.8. The summed E-state index contributed by atoms with van der Waals surface area (Å²) in [7, 11) is 0. The van der Waals surface area contributed by atoms with Crippen LogP contribution < -0.4 is 9.47 Å². The van der Waals surface area contributed by atoms with Crippen LogP contribution in [0.5, 0.6) is 11.5 Å². The van der Waals surface area contributed by atoms with E-state index in [4.69, 9.17) is 32.7 Å². The minimum atomic E-state index is -0.863. The van der Waals surface area contributed by atoms with Gasteiger partial charge in [0.1, 0.15) is 24.7 Å². The van der Waals surface area contributed by atoms with Crippen molar-refractivity contribution in [3.63, 3.8) is 0 Å². The highest BCUT2D eigenvalue weighted by Crippen LogP contribution is 2.30. The molecule has 34 heavy (non-hydrogen) atoms. The summed E-state index contributed by atoms with van der Waals surface area (Å²) < 4.78 is 11.7. The monoisotopic (exact) mass is 507 g/mol. The van der Waals surface area contributed by atoms with Crippen molar-refractivity contribution >= 4 is 23.2 Å². The Kier molecular flexibility index (Phi) is 8.65. The number of hydrogen-bond acceptors (Lipinski definition) is 5. The molecule has 1 aliphatic carbocycles. The van der Waals surface area contributed by atoms with Crippen LogP contribution in [0.25, 0.3) is 0 Å². The summed E-state index contributed by atoms with van der Waals surface area (Å²) in [4.78, 5) is 2.37. The molecular formula is C27H35Cl2NO4. The molecule has 2 aliphatic rings. The van der Waals surface area contributed by atoms with E-state index in [-0.39, 0.29) is 6.61 Å². The third kappa shape index (κ3) is 7.25. The molecule has 1 saturated carbocycles. The maximum absolute atomic E-state index is 11.1. The van der Waals surface area contributed by atoms with Crippen LogP contribution in [-0.4, -0.2) is 52.6 Å². The summed E-state index contributed by atoms with van der Waals surface area (Å²) in [6.45, 7) is 3.15. The van der Waals surface area contributed by atoms with E-state index in [1.165, 1.54) is 12.0 Å². The lowest BCUT2D eigenvalue weighted by Crippen LogP contribution is -2.37. The Bertz CT molecular complexity index is 933. The van der Waals surface area contributed by atoms with E-state index < -0.39 is 11.2 Å².